The number of rotatable bonds is 5. The van der Waals surface area contributed by atoms with E-state index in [0.717, 1.165) is 6.26 Å². The minimum Gasteiger partial charge on any atom is -0.465 e. The highest BCUT2D eigenvalue weighted by molar-refractivity contribution is 7.90. The van der Waals surface area contributed by atoms with Crippen molar-refractivity contribution in [2.24, 2.45) is 0 Å². The second-order valence-corrected chi connectivity index (χ2v) is 10.1. The Bertz CT molecular complexity index is 1410. The number of benzene rings is 1. The van der Waals surface area contributed by atoms with Crippen molar-refractivity contribution in [1.82, 2.24) is 19.7 Å². The number of fused-ring (bicyclic) bond motifs is 1. The van der Waals surface area contributed by atoms with E-state index in [1.807, 2.05) is 0 Å². The molecule has 11 nitrogen and oxygen atoms in total. The van der Waals surface area contributed by atoms with Gasteiger partial charge in [-0.15, -0.1) is 0 Å². The maximum absolute atomic E-state index is 12.7. The molecule has 1 aromatic carbocycles. The predicted octanol–water partition coefficient (Wildman–Crippen LogP) is 2.25. The van der Waals surface area contributed by atoms with Gasteiger partial charge in [-0.1, -0.05) is 0 Å². The summed E-state index contributed by atoms with van der Waals surface area (Å²) < 4.78 is 25.1. The zero-order chi connectivity index (χ0) is 23.8. The Morgan fingerprint density at radius 2 is 1.94 bits per heavy atom. The van der Waals surface area contributed by atoms with Gasteiger partial charge in [-0.25, -0.2) is 13.2 Å². The van der Waals surface area contributed by atoms with Crippen LogP contribution in [0.15, 0.2) is 46.2 Å². The van der Waals surface area contributed by atoms with Crippen LogP contribution in [0.1, 0.15) is 19.3 Å². The second-order valence-electron chi connectivity index (χ2n) is 8.08. The molecule has 0 radical (unpaired) electrons. The number of H-pyrrole nitrogens is 1. The average Bonchev–Trinajstić information content (AvgIpc) is 3.14. The monoisotopic (exact) mass is 470 g/mol. The first-order valence-electron chi connectivity index (χ1n) is 10.2. The Labute approximate surface area is 189 Å². The van der Waals surface area contributed by atoms with Crippen LogP contribution < -0.4 is 10.9 Å². The normalized spacial score (nSPS) is 15.8. The molecule has 3 N–H and O–H groups in total. The number of nitriles is 1. The first-order valence-corrected chi connectivity index (χ1v) is 12.1. The molecule has 4 rings (SSSR count). The third-order valence-electron chi connectivity index (χ3n) is 5.97. The third-order valence-corrected chi connectivity index (χ3v) is 7.10. The number of amides is 1. The fourth-order valence-corrected chi connectivity index (χ4v) is 4.80. The number of hydrogen-bond acceptors (Lipinski definition) is 7. The molecular formula is C21H22N6O5S. The van der Waals surface area contributed by atoms with Crippen LogP contribution in [0.5, 0.6) is 0 Å². The molecular weight excluding hydrogens is 448 g/mol. The molecule has 0 aliphatic carbocycles. The number of aromatic nitrogens is 3. The van der Waals surface area contributed by atoms with Gasteiger partial charge in [0.1, 0.15) is 5.39 Å². The Kier molecular flexibility index (Phi) is 5.59. The number of piperidine rings is 1. The van der Waals surface area contributed by atoms with Crippen LogP contribution in [-0.4, -0.2) is 58.6 Å². The quantitative estimate of drug-likeness (QED) is 0.511. The van der Waals surface area contributed by atoms with Crippen LogP contribution in [-0.2, 0) is 15.4 Å². The van der Waals surface area contributed by atoms with Gasteiger partial charge < -0.3 is 20.3 Å². The summed E-state index contributed by atoms with van der Waals surface area (Å²) in [7, 11) is -3.35. The summed E-state index contributed by atoms with van der Waals surface area (Å²) in [5.41, 5.74) is -0.0864. The fraction of sp³-hybridized carbons (Fsp3) is 0.333. The summed E-state index contributed by atoms with van der Waals surface area (Å²) in [4.78, 5) is 28.2. The van der Waals surface area contributed by atoms with Gasteiger partial charge in [0.2, 0.25) is 0 Å². The second kappa shape index (κ2) is 8.25. The SMILES string of the molecule is CS(=O)(=O)c1ccc(Nc2nn(C3(CC#N)CCN(C(=O)O)CC3)c3cc[nH]c(=O)c23)cc1. The molecule has 3 aromatic rings. The lowest BCUT2D eigenvalue weighted by atomic mass is 9.85. The largest absolute Gasteiger partial charge is 0.465 e. The Hall–Kier alpha value is -3.85. The Morgan fingerprint density at radius 3 is 2.52 bits per heavy atom. The first-order chi connectivity index (χ1) is 15.6. The van der Waals surface area contributed by atoms with Gasteiger partial charge in [0.25, 0.3) is 5.56 Å². The number of hydrogen-bond donors (Lipinski definition) is 3. The van der Waals surface area contributed by atoms with Gasteiger partial charge in [-0.2, -0.15) is 10.4 Å². The number of carboxylic acid groups (broad SMARTS) is 1. The van der Waals surface area contributed by atoms with Gasteiger partial charge in [0, 0.05) is 31.2 Å². The molecule has 2 aromatic heterocycles. The van der Waals surface area contributed by atoms with E-state index in [9.17, 15) is 28.4 Å². The van der Waals surface area contributed by atoms with Crippen molar-refractivity contribution in [2.75, 3.05) is 24.7 Å². The van der Waals surface area contributed by atoms with E-state index in [2.05, 4.69) is 21.5 Å². The molecule has 172 valence electrons. The lowest BCUT2D eigenvalue weighted by molar-refractivity contribution is 0.0912. The molecule has 1 aliphatic rings. The van der Waals surface area contributed by atoms with Crippen molar-refractivity contribution in [3.05, 3.63) is 46.9 Å². The summed E-state index contributed by atoms with van der Waals surface area (Å²) in [5, 5.41) is 26.9. The van der Waals surface area contributed by atoms with Crippen LogP contribution in [0.4, 0.5) is 16.3 Å². The van der Waals surface area contributed by atoms with E-state index < -0.39 is 21.5 Å². The molecule has 0 saturated carbocycles. The molecule has 12 heteroatoms. The lowest BCUT2D eigenvalue weighted by Crippen LogP contribution is -2.48. The molecule has 0 bridgehead atoms. The molecule has 0 unspecified atom stereocenters. The summed E-state index contributed by atoms with van der Waals surface area (Å²) in [6.07, 6.45) is 2.46. The summed E-state index contributed by atoms with van der Waals surface area (Å²) in [5.74, 6) is 0.261. The van der Waals surface area contributed by atoms with Crippen LogP contribution in [0.3, 0.4) is 0 Å². The highest BCUT2D eigenvalue weighted by Crippen LogP contribution is 2.37. The third kappa shape index (κ3) is 4.14. The molecule has 0 atom stereocenters. The van der Waals surface area contributed by atoms with Crippen molar-refractivity contribution < 1.29 is 18.3 Å². The van der Waals surface area contributed by atoms with Crippen molar-refractivity contribution in [3.63, 3.8) is 0 Å². The van der Waals surface area contributed by atoms with Gasteiger partial charge in [-0.05, 0) is 43.2 Å². The van der Waals surface area contributed by atoms with E-state index in [1.165, 1.54) is 23.2 Å². The number of aromatic amines is 1. The topological polar surface area (TPSA) is 161 Å². The van der Waals surface area contributed by atoms with E-state index in [0.29, 0.717) is 29.4 Å². The molecule has 1 saturated heterocycles. The van der Waals surface area contributed by atoms with Crippen LogP contribution in [0, 0.1) is 11.3 Å². The minimum absolute atomic E-state index is 0.104. The number of likely N-dealkylation sites (tertiary alicyclic amines) is 1. The summed E-state index contributed by atoms with van der Waals surface area (Å²) in [6.45, 7) is 0.495. The maximum Gasteiger partial charge on any atom is 0.407 e. The lowest BCUT2D eigenvalue weighted by Gasteiger charge is -2.40. The van der Waals surface area contributed by atoms with Crippen molar-refractivity contribution in [3.8, 4) is 6.07 Å². The highest BCUT2D eigenvalue weighted by atomic mass is 32.2. The van der Waals surface area contributed by atoms with E-state index in [1.54, 1.807) is 22.9 Å². The zero-order valence-electron chi connectivity index (χ0n) is 17.8. The highest BCUT2D eigenvalue weighted by Gasteiger charge is 2.40. The molecule has 33 heavy (non-hydrogen) atoms. The standard InChI is InChI=1S/C21H22N6O5S/c1-33(31,32)15-4-2-14(3-5-15)24-18-17-16(6-11-23-19(17)28)27(25-18)21(7-10-22)8-12-26(13-9-21)20(29)30/h2-6,11H,7-9,12-13H2,1H3,(H,23,28)(H,24,25)(H,29,30). The molecule has 1 amide bonds. The van der Waals surface area contributed by atoms with E-state index >= 15 is 0 Å². The summed E-state index contributed by atoms with van der Waals surface area (Å²) in [6, 6.07) is 9.96. The zero-order valence-corrected chi connectivity index (χ0v) is 18.6. The molecule has 1 aliphatic heterocycles. The smallest absolute Gasteiger partial charge is 0.407 e. The number of pyridine rings is 1. The maximum atomic E-state index is 12.7. The Balaban J connectivity index is 1.78. The van der Waals surface area contributed by atoms with Gasteiger partial charge >= 0.3 is 6.09 Å². The van der Waals surface area contributed by atoms with Gasteiger partial charge in [0.05, 0.1) is 28.4 Å². The van der Waals surface area contributed by atoms with Crippen LogP contribution in [0.25, 0.3) is 10.9 Å². The predicted molar refractivity (Wildman–Crippen MR) is 120 cm³/mol. The number of nitrogens with zero attached hydrogens (tertiary/aromatic N) is 4. The fourth-order valence-electron chi connectivity index (χ4n) is 4.17. The van der Waals surface area contributed by atoms with Gasteiger partial charge in [0.15, 0.2) is 15.7 Å². The van der Waals surface area contributed by atoms with Crippen molar-refractivity contribution >= 4 is 38.3 Å². The average molecular weight is 471 g/mol. The number of carbonyl (C=O) groups is 1. The number of anilines is 2. The Morgan fingerprint density at radius 1 is 1.27 bits per heavy atom. The van der Waals surface area contributed by atoms with E-state index in [4.69, 9.17) is 0 Å². The van der Waals surface area contributed by atoms with Crippen molar-refractivity contribution in [1.29, 1.82) is 5.26 Å². The van der Waals surface area contributed by atoms with Crippen LogP contribution in [0.2, 0.25) is 0 Å². The van der Waals surface area contributed by atoms with Crippen LogP contribution >= 0.6 is 0 Å². The molecule has 0 spiro atoms. The minimum atomic E-state index is -3.35. The number of sulfone groups is 1. The van der Waals surface area contributed by atoms with Crippen molar-refractivity contribution in [2.45, 2.75) is 29.7 Å². The van der Waals surface area contributed by atoms with Gasteiger partial charge in [-0.3, -0.25) is 9.48 Å². The number of nitrogens with one attached hydrogen (secondary N) is 2. The molecule has 1 fully saturated rings. The summed E-state index contributed by atoms with van der Waals surface area (Å²) >= 11 is 0. The molecule has 3 heterocycles. The first kappa shape index (κ1) is 22.3. The van der Waals surface area contributed by atoms with E-state index in [-0.39, 0.29) is 35.8 Å².